The summed E-state index contributed by atoms with van der Waals surface area (Å²) in [5.41, 5.74) is 0. The molecule has 0 radical (unpaired) electrons. The molecule has 0 saturated heterocycles. The summed E-state index contributed by atoms with van der Waals surface area (Å²) in [6.07, 6.45) is 1.99. The summed E-state index contributed by atoms with van der Waals surface area (Å²) in [5, 5.41) is 8.99. The van der Waals surface area contributed by atoms with Crippen LogP contribution in [-0.2, 0) is 10.1 Å². The van der Waals surface area contributed by atoms with Gasteiger partial charge in [-0.1, -0.05) is 20.3 Å². The topological polar surface area (TPSA) is 74.6 Å². The summed E-state index contributed by atoms with van der Waals surface area (Å²) in [7, 11) is -3.81. The van der Waals surface area contributed by atoms with Crippen molar-refractivity contribution in [1.29, 1.82) is 0 Å². The van der Waals surface area contributed by atoms with Gasteiger partial charge in [-0.05, 0) is 24.7 Å². The molecule has 4 nitrogen and oxygen atoms in total. The van der Waals surface area contributed by atoms with E-state index < -0.39 is 10.1 Å². The van der Waals surface area contributed by atoms with Crippen LogP contribution in [0.3, 0.4) is 0 Å². The van der Waals surface area contributed by atoms with Crippen LogP contribution < -0.4 is 0 Å². The smallest absolute Gasteiger partial charge is 0.264 e. The Labute approximate surface area is 86.1 Å². The van der Waals surface area contributed by atoms with E-state index in [-0.39, 0.29) is 18.3 Å². The molecule has 14 heavy (non-hydrogen) atoms. The van der Waals surface area contributed by atoms with Crippen molar-refractivity contribution in [3.8, 4) is 0 Å². The highest BCUT2D eigenvalue weighted by atomic mass is 32.2. The molecule has 0 aliphatic heterocycles. The van der Waals surface area contributed by atoms with E-state index in [2.05, 4.69) is 0 Å². The molecule has 1 atom stereocenters. The van der Waals surface area contributed by atoms with Crippen LogP contribution in [0.2, 0.25) is 0 Å². The maximum Gasteiger partial charge on any atom is 0.264 e. The van der Waals surface area contributed by atoms with Crippen LogP contribution in [0.4, 0.5) is 0 Å². The first-order chi connectivity index (χ1) is 6.37. The van der Waals surface area contributed by atoms with Gasteiger partial charge in [0.2, 0.25) is 0 Å². The molecule has 0 amide bonds. The van der Waals surface area contributed by atoms with Crippen LogP contribution in [-0.4, -0.2) is 30.4 Å². The molecule has 0 fully saturated rings. The molecule has 0 aliphatic rings. The van der Waals surface area contributed by atoms with Gasteiger partial charge in [0.15, 0.2) is 0 Å². The fourth-order valence-electron chi connectivity index (χ4n) is 1.33. The van der Waals surface area contributed by atoms with E-state index in [1.54, 1.807) is 0 Å². The molecule has 0 rings (SSSR count). The average molecular weight is 224 g/mol. The van der Waals surface area contributed by atoms with Gasteiger partial charge < -0.3 is 5.11 Å². The van der Waals surface area contributed by atoms with E-state index in [0.29, 0.717) is 12.3 Å². The van der Waals surface area contributed by atoms with Crippen molar-refractivity contribution in [2.75, 3.05) is 12.4 Å². The van der Waals surface area contributed by atoms with Crippen LogP contribution in [0, 0.1) is 11.8 Å². The predicted molar refractivity (Wildman–Crippen MR) is 55.7 cm³/mol. The van der Waals surface area contributed by atoms with E-state index in [4.69, 9.17) is 9.66 Å². The monoisotopic (exact) mass is 224 g/mol. The average Bonchev–Trinajstić information content (AvgIpc) is 2.01. The van der Waals surface area contributed by atoms with E-state index in [9.17, 15) is 8.42 Å². The van der Waals surface area contributed by atoms with Gasteiger partial charge in [-0.2, -0.15) is 8.42 Å². The maximum absolute atomic E-state index is 10.4. The highest BCUT2D eigenvalue weighted by Crippen LogP contribution is 2.17. The minimum atomic E-state index is -3.81. The molecule has 0 bridgehead atoms. The summed E-state index contributed by atoms with van der Waals surface area (Å²) in [6.45, 7) is 4.21. The molecule has 0 aromatic carbocycles. The Morgan fingerprint density at radius 2 is 1.79 bits per heavy atom. The second-order valence-electron chi connectivity index (χ2n) is 3.97. The first kappa shape index (κ1) is 13.9. The summed E-state index contributed by atoms with van der Waals surface area (Å²) >= 11 is 0. The number of aliphatic hydroxyl groups is 1. The third-order valence-corrected chi connectivity index (χ3v) is 3.21. The third-order valence-electron chi connectivity index (χ3n) is 2.40. The Hall–Kier alpha value is -0.130. The molecule has 0 aliphatic carbocycles. The Bertz CT molecular complexity index is 233. The zero-order valence-corrected chi connectivity index (χ0v) is 9.63. The molecule has 0 spiro atoms. The molecule has 1 unspecified atom stereocenters. The first-order valence-corrected chi connectivity index (χ1v) is 6.53. The standard InChI is InChI=1S/C9H20O4S/c1-8(2)9(7-10)5-3-4-6-14(11,12)13/h8-10H,3-7H2,1-2H3,(H,11,12,13). The lowest BCUT2D eigenvalue weighted by Gasteiger charge is -2.17. The quantitative estimate of drug-likeness (QED) is 0.505. The Balaban J connectivity index is 3.63. The fourth-order valence-corrected chi connectivity index (χ4v) is 1.90. The fraction of sp³-hybridized carbons (Fsp3) is 1.00. The highest BCUT2D eigenvalue weighted by molar-refractivity contribution is 7.85. The third kappa shape index (κ3) is 7.29. The lowest BCUT2D eigenvalue weighted by molar-refractivity contribution is 0.179. The van der Waals surface area contributed by atoms with E-state index in [0.717, 1.165) is 12.8 Å². The Kier molecular flexibility index (Phi) is 6.31. The van der Waals surface area contributed by atoms with Crippen LogP contribution in [0.25, 0.3) is 0 Å². The van der Waals surface area contributed by atoms with Crippen LogP contribution in [0.1, 0.15) is 33.1 Å². The van der Waals surface area contributed by atoms with E-state index in [1.165, 1.54) is 0 Å². The van der Waals surface area contributed by atoms with Crippen molar-refractivity contribution < 1.29 is 18.1 Å². The SMILES string of the molecule is CC(C)C(CO)CCCCS(=O)(=O)O. The summed E-state index contributed by atoms with van der Waals surface area (Å²) in [4.78, 5) is 0. The summed E-state index contributed by atoms with van der Waals surface area (Å²) in [5.74, 6) is 0.464. The molecule has 0 heterocycles. The Morgan fingerprint density at radius 3 is 2.14 bits per heavy atom. The van der Waals surface area contributed by atoms with Crippen LogP contribution in [0.15, 0.2) is 0 Å². The number of aliphatic hydroxyl groups excluding tert-OH is 1. The van der Waals surface area contributed by atoms with Crippen molar-refractivity contribution in [3.63, 3.8) is 0 Å². The lowest BCUT2D eigenvalue weighted by atomic mass is 9.92. The lowest BCUT2D eigenvalue weighted by Crippen LogP contribution is -2.14. The van der Waals surface area contributed by atoms with Gasteiger partial charge in [0.25, 0.3) is 10.1 Å². The zero-order chi connectivity index (χ0) is 11.2. The highest BCUT2D eigenvalue weighted by Gasteiger charge is 2.12. The molecular weight excluding hydrogens is 204 g/mol. The van der Waals surface area contributed by atoms with Gasteiger partial charge in [0, 0.05) is 6.61 Å². The molecule has 86 valence electrons. The van der Waals surface area contributed by atoms with Gasteiger partial charge in [0.05, 0.1) is 5.75 Å². The van der Waals surface area contributed by atoms with Crippen molar-refractivity contribution in [2.45, 2.75) is 33.1 Å². The number of hydrogen-bond acceptors (Lipinski definition) is 3. The largest absolute Gasteiger partial charge is 0.396 e. The molecule has 0 aromatic heterocycles. The van der Waals surface area contributed by atoms with E-state index in [1.807, 2.05) is 13.8 Å². The van der Waals surface area contributed by atoms with E-state index >= 15 is 0 Å². The van der Waals surface area contributed by atoms with Crippen molar-refractivity contribution in [2.24, 2.45) is 11.8 Å². The molecule has 5 heteroatoms. The van der Waals surface area contributed by atoms with Crippen molar-refractivity contribution >= 4 is 10.1 Å². The van der Waals surface area contributed by atoms with Crippen LogP contribution >= 0.6 is 0 Å². The van der Waals surface area contributed by atoms with Gasteiger partial charge >= 0.3 is 0 Å². The number of unbranched alkanes of at least 4 members (excludes halogenated alkanes) is 1. The van der Waals surface area contributed by atoms with Gasteiger partial charge in [-0.25, -0.2) is 0 Å². The summed E-state index contributed by atoms with van der Waals surface area (Å²) < 4.78 is 29.2. The zero-order valence-electron chi connectivity index (χ0n) is 8.81. The minimum Gasteiger partial charge on any atom is -0.396 e. The molecule has 2 N–H and O–H groups in total. The molecule has 0 aromatic rings. The van der Waals surface area contributed by atoms with Gasteiger partial charge in [0.1, 0.15) is 0 Å². The normalized spacial score (nSPS) is 14.6. The predicted octanol–water partition coefficient (Wildman–Crippen LogP) is 1.31. The van der Waals surface area contributed by atoms with Gasteiger partial charge in [-0.15, -0.1) is 0 Å². The minimum absolute atomic E-state index is 0.142. The van der Waals surface area contributed by atoms with Crippen LogP contribution in [0.5, 0.6) is 0 Å². The maximum atomic E-state index is 10.4. The number of hydrogen-bond donors (Lipinski definition) is 2. The molecule has 0 saturated carbocycles. The first-order valence-electron chi connectivity index (χ1n) is 4.93. The second-order valence-corrected chi connectivity index (χ2v) is 5.54. The second kappa shape index (κ2) is 6.37. The Morgan fingerprint density at radius 1 is 1.21 bits per heavy atom. The van der Waals surface area contributed by atoms with Gasteiger partial charge in [-0.3, -0.25) is 4.55 Å². The number of rotatable bonds is 7. The van der Waals surface area contributed by atoms with Crippen molar-refractivity contribution in [1.82, 2.24) is 0 Å². The molecular formula is C9H20O4S. The summed E-state index contributed by atoms with van der Waals surface area (Å²) in [6, 6.07) is 0. The van der Waals surface area contributed by atoms with Crippen molar-refractivity contribution in [3.05, 3.63) is 0 Å².